The van der Waals surface area contributed by atoms with E-state index in [9.17, 15) is 4.79 Å². The number of carbonyl (C=O) groups is 1. The second-order valence-corrected chi connectivity index (χ2v) is 3.39. The molecule has 2 aromatic rings. The largest absolute Gasteiger partial charge is 0.323 e. The van der Waals surface area contributed by atoms with E-state index < -0.39 is 6.03 Å². The molecule has 88 valence electrons. The van der Waals surface area contributed by atoms with Gasteiger partial charge in [-0.2, -0.15) is 5.26 Å². The van der Waals surface area contributed by atoms with Gasteiger partial charge < -0.3 is 10.6 Å². The van der Waals surface area contributed by atoms with Crippen LogP contribution in [0.5, 0.6) is 0 Å². The van der Waals surface area contributed by atoms with E-state index in [0.717, 1.165) is 0 Å². The normalized spacial score (nSPS) is 9.28. The van der Waals surface area contributed by atoms with E-state index in [1.54, 1.807) is 18.3 Å². The number of hydrogen-bond donors (Lipinski definition) is 2. The zero-order valence-corrected chi connectivity index (χ0v) is 9.29. The number of urea groups is 1. The summed E-state index contributed by atoms with van der Waals surface area (Å²) in [5.74, 6) is 0. The number of carbonyl (C=O) groups excluding carboxylic acids is 1. The van der Waals surface area contributed by atoms with E-state index in [-0.39, 0.29) is 0 Å². The van der Waals surface area contributed by atoms with Crippen molar-refractivity contribution in [2.45, 2.75) is 0 Å². The topological polar surface area (TPSA) is 90.7 Å². The predicted molar refractivity (Wildman–Crippen MR) is 65.8 cm³/mol. The molecule has 0 bridgehead atoms. The molecular weight excluding hydrogens is 230 g/mol. The third kappa shape index (κ3) is 3.02. The molecule has 0 unspecified atom stereocenters. The molecule has 0 aliphatic rings. The van der Waals surface area contributed by atoms with Crippen molar-refractivity contribution in [1.29, 1.82) is 5.26 Å². The third-order valence-electron chi connectivity index (χ3n) is 2.04. The Hall–Kier alpha value is -2.94. The molecule has 18 heavy (non-hydrogen) atoms. The molecule has 0 aromatic carbocycles. The minimum absolute atomic E-state index is 0.383. The standard InChI is InChI=1S/C12H9N5O/c13-5-9-4-11(8-15-6-9)17-12(18)16-10-2-1-3-14-7-10/h1-4,6-8H,(H2,16,17,18). The monoisotopic (exact) mass is 239 g/mol. The van der Waals surface area contributed by atoms with Crippen LogP contribution in [0.1, 0.15) is 5.56 Å². The van der Waals surface area contributed by atoms with Crippen molar-refractivity contribution < 1.29 is 4.79 Å². The van der Waals surface area contributed by atoms with Gasteiger partial charge in [-0.05, 0) is 18.2 Å². The first-order valence-electron chi connectivity index (χ1n) is 5.11. The van der Waals surface area contributed by atoms with Gasteiger partial charge in [0.05, 0.1) is 29.3 Å². The lowest BCUT2D eigenvalue weighted by Crippen LogP contribution is -2.19. The number of aromatic nitrogens is 2. The zero-order chi connectivity index (χ0) is 12.8. The Morgan fingerprint density at radius 3 is 2.67 bits per heavy atom. The maximum atomic E-state index is 11.6. The first-order valence-corrected chi connectivity index (χ1v) is 5.11. The number of nitrogens with zero attached hydrogens (tertiary/aromatic N) is 3. The maximum absolute atomic E-state index is 11.6. The molecule has 0 spiro atoms. The molecule has 0 fully saturated rings. The fourth-order valence-corrected chi connectivity index (χ4v) is 1.30. The highest BCUT2D eigenvalue weighted by Gasteiger charge is 2.03. The van der Waals surface area contributed by atoms with Gasteiger partial charge in [-0.25, -0.2) is 4.79 Å². The summed E-state index contributed by atoms with van der Waals surface area (Å²) >= 11 is 0. The Kier molecular flexibility index (Phi) is 3.47. The van der Waals surface area contributed by atoms with Crippen LogP contribution in [-0.4, -0.2) is 16.0 Å². The summed E-state index contributed by atoms with van der Waals surface area (Å²) < 4.78 is 0. The van der Waals surface area contributed by atoms with Gasteiger partial charge in [0.1, 0.15) is 6.07 Å². The molecule has 6 nitrogen and oxygen atoms in total. The van der Waals surface area contributed by atoms with E-state index in [0.29, 0.717) is 16.9 Å². The molecule has 2 rings (SSSR count). The Balaban J connectivity index is 2.01. The summed E-state index contributed by atoms with van der Waals surface area (Å²) in [4.78, 5) is 19.3. The Morgan fingerprint density at radius 1 is 1.17 bits per heavy atom. The summed E-state index contributed by atoms with van der Waals surface area (Å²) in [6.07, 6.45) is 6.03. The first kappa shape index (κ1) is 11.5. The lowest BCUT2D eigenvalue weighted by molar-refractivity contribution is 0.262. The van der Waals surface area contributed by atoms with E-state index in [2.05, 4.69) is 20.6 Å². The van der Waals surface area contributed by atoms with Gasteiger partial charge in [0, 0.05) is 12.4 Å². The molecule has 0 saturated carbocycles. The summed E-state index contributed by atoms with van der Waals surface area (Å²) in [6, 6.07) is 6.50. The number of hydrogen-bond acceptors (Lipinski definition) is 4. The van der Waals surface area contributed by atoms with Gasteiger partial charge in [-0.15, -0.1) is 0 Å². The average Bonchev–Trinajstić information content (AvgIpc) is 2.40. The second-order valence-electron chi connectivity index (χ2n) is 3.39. The second kappa shape index (κ2) is 5.41. The van der Waals surface area contributed by atoms with Crippen LogP contribution in [0.15, 0.2) is 43.0 Å². The van der Waals surface area contributed by atoms with Crippen molar-refractivity contribution in [2.24, 2.45) is 0 Å². The fourth-order valence-electron chi connectivity index (χ4n) is 1.30. The Morgan fingerprint density at radius 2 is 1.94 bits per heavy atom. The van der Waals surface area contributed by atoms with Gasteiger partial charge in [0.2, 0.25) is 0 Å². The smallest absolute Gasteiger partial charge is 0.306 e. The van der Waals surface area contributed by atoms with Crippen LogP contribution in [0.3, 0.4) is 0 Å². The Labute approximate surface area is 103 Å². The van der Waals surface area contributed by atoms with Crippen molar-refractivity contribution in [2.75, 3.05) is 10.6 Å². The molecule has 0 radical (unpaired) electrons. The quantitative estimate of drug-likeness (QED) is 0.838. The van der Waals surface area contributed by atoms with Crippen LogP contribution >= 0.6 is 0 Å². The van der Waals surface area contributed by atoms with Crippen LogP contribution < -0.4 is 10.6 Å². The molecule has 0 atom stereocenters. The first-order chi connectivity index (χ1) is 8.78. The number of amides is 2. The highest BCUT2D eigenvalue weighted by molar-refractivity contribution is 5.99. The van der Waals surface area contributed by atoms with Crippen LogP contribution in [-0.2, 0) is 0 Å². The van der Waals surface area contributed by atoms with Gasteiger partial charge in [0.25, 0.3) is 0 Å². The van der Waals surface area contributed by atoms with Crippen LogP contribution in [0.25, 0.3) is 0 Å². The van der Waals surface area contributed by atoms with Crippen molar-refractivity contribution in [1.82, 2.24) is 9.97 Å². The Bertz CT molecular complexity index is 591. The number of anilines is 2. The van der Waals surface area contributed by atoms with E-state index in [1.165, 1.54) is 24.7 Å². The van der Waals surface area contributed by atoms with E-state index in [1.807, 2.05) is 6.07 Å². The van der Waals surface area contributed by atoms with Gasteiger partial charge in [-0.1, -0.05) is 0 Å². The molecule has 2 N–H and O–H groups in total. The molecule has 0 aliphatic carbocycles. The SMILES string of the molecule is N#Cc1cncc(NC(=O)Nc2cccnc2)c1. The number of rotatable bonds is 2. The molecule has 2 aromatic heterocycles. The number of pyridine rings is 2. The van der Waals surface area contributed by atoms with Crippen molar-refractivity contribution in [3.63, 3.8) is 0 Å². The lowest BCUT2D eigenvalue weighted by atomic mass is 10.3. The zero-order valence-electron chi connectivity index (χ0n) is 9.29. The van der Waals surface area contributed by atoms with Crippen molar-refractivity contribution >= 4 is 17.4 Å². The minimum atomic E-state index is -0.417. The lowest BCUT2D eigenvalue weighted by Gasteiger charge is -2.06. The fraction of sp³-hybridized carbons (Fsp3) is 0. The van der Waals surface area contributed by atoms with Crippen LogP contribution in [0, 0.1) is 11.3 Å². The summed E-state index contributed by atoms with van der Waals surface area (Å²) in [5.41, 5.74) is 1.42. The predicted octanol–water partition coefficient (Wildman–Crippen LogP) is 1.99. The molecular formula is C12H9N5O. The third-order valence-corrected chi connectivity index (χ3v) is 2.04. The average molecular weight is 239 g/mol. The molecule has 2 heterocycles. The molecule has 0 saturated heterocycles. The highest BCUT2D eigenvalue weighted by Crippen LogP contribution is 2.09. The van der Waals surface area contributed by atoms with Crippen molar-refractivity contribution in [3.8, 4) is 6.07 Å². The molecule has 6 heteroatoms. The van der Waals surface area contributed by atoms with Gasteiger partial charge in [0.15, 0.2) is 0 Å². The summed E-state index contributed by atoms with van der Waals surface area (Å²) in [5, 5.41) is 13.9. The number of nitriles is 1. The summed E-state index contributed by atoms with van der Waals surface area (Å²) in [7, 11) is 0. The highest BCUT2D eigenvalue weighted by atomic mass is 16.2. The van der Waals surface area contributed by atoms with Crippen LogP contribution in [0.4, 0.5) is 16.2 Å². The molecule has 0 aliphatic heterocycles. The summed E-state index contributed by atoms with van der Waals surface area (Å²) in [6.45, 7) is 0. The van der Waals surface area contributed by atoms with Crippen molar-refractivity contribution in [3.05, 3.63) is 48.5 Å². The minimum Gasteiger partial charge on any atom is -0.306 e. The van der Waals surface area contributed by atoms with E-state index >= 15 is 0 Å². The van der Waals surface area contributed by atoms with Crippen LogP contribution in [0.2, 0.25) is 0 Å². The van der Waals surface area contributed by atoms with E-state index in [4.69, 9.17) is 5.26 Å². The maximum Gasteiger partial charge on any atom is 0.323 e. The van der Waals surface area contributed by atoms with Gasteiger partial charge in [-0.3, -0.25) is 9.97 Å². The van der Waals surface area contributed by atoms with Gasteiger partial charge >= 0.3 is 6.03 Å². The number of nitrogens with one attached hydrogen (secondary N) is 2. The molecule has 2 amide bonds.